The molecule has 0 fully saturated rings. The van der Waals surface area contributed by atoms with Crippen molar-refractivity contribution in [1.29, 1.82) is 0 Å². The van der Waals surface area contributed by atoms with E-state index < -0.39 is 16.1 Å². The highest BCUT2D eigenvalue weighted by Gasteiger charge is 2.19. The fraction of sp³-hybridized carbons (Fsp3) is 0.364. The fourth-order valence-electron chi connectivity index (χ4n) is 1.58. The molecule has 0 saturated heterocycles. The van der Waals surface area contributed by atoms with Gasteiger partial charge in [-0.2, -0.15) is 8.42 Å². The van der Waals surface area contributed by atoms with E-state index in [-0.39, 0.29) is 6.61 Å². The van der Waals surface area contributed by atoms with Crippen LogP contribution in [0.3, 0.4) is 0 Å². The van der Waals surface area contributed by atoms with Gasteiger partial charge >= 0.3 is 6.03 Å². The van der Waals surface area contributed by atoms with Crippen molar-refractivity contribution in [1.82, 2.24) is 5.01 Å². The maximum atomic E-state index is 11.5. The predicted octanol–water partition coefficient (Wildman–Crippen LogP) is 1.18. The number of hydrogen-bond acceptors (Lipinski definition) is 5. The number of hydrazine groups is 1. The molecule has 0 aliphatic heterocycles. The molecule has 0 aromatic heterocycles. The van der Waals surface area contributed by atoms with Gasteiger partial charge in [0.25, 0.3) is 10.1 Å². The first-order chi connectivity index (χ1) is 9.11. The zero-order chi connectivity index (χ0) is 15.5. The van der Waals surface area contributed by atoms with Gasteiger partial charge in [-0.05, 0) is 18.2 Å². The van der Waals surface area contributed by atoms with Crippen LogP contribution in [0.1, 0.15) is 5.56 Å². The van der Waals surface area contributed by atoms with Gasteiger partial charge in [0.2, 0.25) is 0 Å². The van der Waals surface area contributed by atoms with Crippen LogP contribution in [0.2, 0.25) is 5.02 Å². The molecule has 0 atom stereocenters. The van der Waals surface area contributed by atoms with Crippen molar-refractivity contribution < 1.29 is 17.4 Å². The molecule has 1 aromatic carbocycles. The number of halogens is 1. The van der Waals surface area contributed by atoms with E-state index >= 15 is 0 Å². The van der Waals surface area contributed by atoms with Gasteiger partial charge < -0.3 is 5.73 Å². The Hall–Kier alpha value is -1.35. The third-order valence-corrected chi connectivity index (χ3v) is 3.09. The number of rotatable bonds is 5. The first-order valence-electron chi connectivity index (χ1n) is 5.51. The summed E-state index contributed by atoms with van der Waals surface area (Å²) in [5.74, 6) is 0. The molecule has 0 radical (unpaired) electrons. The normalized spacial score (nSPS) is 11.7. The summed E-state index contributed by atoms with van der Waals surface area (Å²) in [6.45, 7) is -0.244. The first kappa shape index (κ1) is 16.7. The lowest BCUT2D eigenvalue weighted by Gasteiger charge is -2.28. The van der Waals surface area contributed by atoms with E-state index in [0.29, 0.717) is 16.3 Å². The Labute approximate surface area is 122 Å². The second kappa shape index (κ2) is 6.40. The fourth-order valence-corrected chi connectivity index (χ4v) is 2.11. The van der Waals surface area contributed by atoms with Crippen molar-refractivity contribution >= 4 is 33.4 Å². The lowest BCUT2D eigenvalue weighted by atomic mass is 10.2. The van der Waals surface area contributed by atoms with E-state index in [0.717, 1.165) is 6.26 Å². The van der Waals surface area contributed by atoms with Gasteiger partial charge in [0.1, 0.15) is 0 Å². The summed E-state index contributed by atoms with van der Waals surface area (Å²) < 4.78 is 26.9. The zero-order valence-electron chi connectivity index (χ0n) is 11.3. The number of carbonyl (C=O) groups excluding carboxylic acids is 1. The molecule has 20 heavy (non-hydrogen) atoms. The Balaban J connectivity index is 3.21. The lowest BCUT2D eigenvalue weighted by molar-refractivity contribution is 0.238. The van der Waals surface area contributed by atoms with Gasteiger partial charge in [0.15, 0.2) is 0 Å². The molecular formula is C11H16ClN3O4S. The van der Waals surface area contributed by atoms with Crippen molar-refractivity contribution in [3.05, 3.63) is 28.8 Å². The molecule has 7 nitrogen and oxygen atoms in total. The second-order valence-corrected chi connectivity index (χ2v) is 6.32. The van der Waals surface area contributed by atoms with Crippen molar-refractivity contribution in [2.24, 2.45) is 5.73 Å². The van der Waals surface area contributed by atoms with Gasteiger partial charge in [-0.1, -0.05) is 11.6 Å². The number of benzene rings is 1. The molecule has 2 N–H and O–H groups in total. The summed E-state index contributed by atoms with van der Waals surface area (Å²) >= 11 is 5.88. The molecule has 0 heterocycles. The van der Waals surface area contributed by atoms with Crippen molar-refractivity contribution in [2.45, 2.75) is 6.61 Å². The smallest absolute Gasteiger partial charge is 0.334 e. The van der Waals surface area contributed by atoms with E-state index in [2.05, 4.69) is 0 Å². The Morgan fingerprint density at radius 2 is 2.00 bits per heavy atom. The number of nitrogens with two attached hydrogens (primary N) is 1. The molecule has 112 valence electrons. The molecule has 1 rings (SSSR count). The van der Waals surface area contributed by atoms with E-state index in [1.807, 2.05) is 0 Å². The highest BCUT2D eigenvalue weighted by molar-refractivity contribution is 7.85. The molecule has 0 spiro atoms. The number of hydrogen-bond donors (Lipinski definition) is 1. The van der Waals surface area contributed by atoms with Crippen LogP contribution in [-0.4, -0.2) is 39.8 Å². The van der Waals surface area contributed by atoms with Crippen LogP contribution < -0.4 is 10.7 Å². The standard InChI is InChI=1S/C11H16ClN3O4S/c1-14(2)15(11(13)16)10-5-4-9(12)6-8(10)7-19-20(3,17)18/h4-6H,7H2,1-3H3,(H2,13,16). The van der Waals surface area contributed by atoms with Crippen molar-refractivity contribution in [3.63, 3.8) is 0 Å². The number of urea groups is 1. The average Bonchev–Trinajstić information content (AvgIpc) is 2.27. The Kier molecular flexibility index (Phi) is 5.35. The maximum Gasteiger partial charge on any atom is 0.334 e. The Bertz CT molecular complexity index is 604. The lowest BCUT2D eigenvalue weighted by Crippen LogP contribution is -2.45. The number of anilines is 1. The van der Waals surface area contributed by atoms with E-state index in [1.54, 1.807) is 26.2 Å². The molecule has 0 aliphatic rings. The van der Waals surface area contributed by atoms with Gasteiger partial charge in [-0.15, -0.1) is 0 Å². The SMILES string of the molecule is CN(C)N(C(N)=O)c1ccc(Cl)cc1COS(C)(=O)=O. The highest BCUT2D eigenvalue weighted by Crippen LogP contribution is 2.26. The monoisotopic (exact) mass is 321 g/mol. The number of nitrogens with zero attached hydrogens (tertiary/aromatic N) is 2. The molecule has 0 aliphatic carbocycles. The maximum absolute atomic E-state index is 11.5. The van der Waals surface area contributed by atoms with Crippen LogP contribution >= 0.6 is 11.6 Å². The number of amides is 2. The molecule has 9 heteroatoms. The van der Waals surface area contributed by atoms with Crippen molar-refractivity contribution in [3.8, 4) is 0 Å². The van der Waals surface area contributed by atoms with Crippen LogP contribution in [0.5, 0.6) is 0 Å². The molecule has 0 saturated carbocycles. The van der Waals surface area contributed by atoms with Crippen LogP contribution in [0.15, 0.2) is 18.2 Å². The van der Waals surface area contributed by atoms with Crippen LogP contribution in [0.4, 0.5) is 10.5 Å². The molecule has 0 bridgehead atoms. The quantitative estimate of drug-likeness (QED) is 0.649. The van der Waals surface area contributed by atoms with Crippen LogP contribution in [0.25, 0.3) is 0 Å². The summed E-state index contributed by atoms with van der Waals surface area (Å²) in [6, 6.07) is 3.94. The highest BCUT2D eigenvalue weighted by atomic mass is 35.5. The third kappa shape index (κ3) is 4.64. The summed E-state index contributed by atoms with van der Waals surface area (Å²) in [5, 5.41) is 3.04. The first-order valence-corrected chi connectivity index (χ1v) is 7.71. The summed E-state index contributed by atoms with van der Waals surface area (Å²) in [7, 11) is -0.358. The minimum atomic E-state index is -3.61. The largest absolute Gasteiger partial charge is 0.350 e. The average molecular weight is 322 g/mol. The minimum absolute atomic E-state index is 0.244. The molecule has 0 unspecified atom stereocenters. The second-order valence-electron chi connectivity index (χ2n) is 4.24. The zero-order valence-corrected chi connectivity index (χ0v) is 12.9. The Morgan fingerprint density at radius 3 is 2.45 bits per heavy atom. The summed E-state index contributed by atoms with van der Waals surface area (Å²) in [5.41, 5.74) is 6.14. The van der Waals surface area contributed by atoms with Gasteiger partial charge in [0, 0.05) is 24.7 Å². The molecular weight excluding hydrogens is 306 g/mol. The summed E-state index contributed by atoms with van der Waals surface area (Å²) in [6.07, 6.45) is 0.940. The van der Waals surface area contributed by atoms with Crippen LogP contribution in [-0.2, 0) is 20.9 Å². The van der Waals surface area contributed by atoms with Crippen molar-refractivity contribution in [2.75, 3.05) is 25.4 Å². The van der Waals surface area contributed by atoms with E-state index in [1.165, 1.54) is 16.1 Å². The van der Waals surface area contributed by atoms with E-state index in [9.17, 15) is 13.2 Å². The van der Waals surface area contributed by atoms with Gasteiger partial charge in [0.05, 0.1) is 18.6 Å². The summed E-state index contributed by atoms with van der Waals surface area (Å²) in [4.78, 5) is 11.5. The topological polar surface area (TPSA) is 92.9 Å². The minimum Gasteiger partial charge on any atom is -0.350 e. The van der Waals surface area contributed by atoms with E-state index in [4.69, 9.17) is 21.5 Å². The van der Waals surface area contributed by atoms with Gasteiger partial charge in [-0.3, -0.25) is 4.18 Å². The molecule has 1 aromatic rings. The number of carbonyl (C=O) groups is 1. The number of primary amides is 1. The van der Waals surface area contributed by atoms with Crippen LogP contribution in [0, 0.1) is 0 Å². The predicted molar refractivity (Wildman–Crippen MR) is 76.8 cm³/mol. The van der Waals surface area contributed by atoms with Gasteiger partial charge in [-0.25, -0.2) is 14.8 Å². The third-order valence-electron chi connectivity index (χ3n) is 2.31. The molecule has 2 amide bonds. The Morgan fingerprint density at radius 1 is 1.40 bits per heavy atom.